The predicted molar refractivity (Wildman–Crippen MR) is 95.9 cm³/mol. The molecule has 5 heteroatoms. The number of hydrogen-bond acceptors (Lipinski definition) is 3. The van der Waals surface area contributed by atoms with E-state index in [1.165, 1.54) is 29.8 Å². The molecule has 0 aliphatic heterocycles. The maximum Gasteiger partial charge on any atom is 0.155 e. The van der Waals surface area contributed by atoms with Crippen molar-refractivity contribution in [3.8, 4) is 17.0 Å². The Morgan fingerprint density at radius 3 is 2.75 bits per heavy atom. The molecule has 1 aliphatic rings. The first-order valence-electron chi connectivity index (χ1n) is 8.51. The summed E-state index contributed by atoms with van der Waals surface area (Å²) in [5.74, 6) is 1.50. The second-order valence-electron chi connectivity index (χ2n) is 6.11. The lowest BCUT2D eigenvalue weighted by atomic mass is 9.92. The van der Waals surface area contributed by atoms with Gasteiger partial charge in [-0.25, -0.2) is 9.50 Å². The Labute approximate surface area is 146 Å². The molecule has 0 unspecified atom stereocenters. The predicted octanol–water partition coefficient (Wildman–Crippen LogP) is 4.28. The summed E-state index contributed by atoms with van der Waals surface area (Å²) in [6, 6.07) is 10.2. The van der Waals surface area contributed by atoms with E-state index in [0.717, 1.165) is 36.2 Å². The second-order valence-corrected chi connectivity index (χ2v) is 6.49. The van der Waals surface area contributed by atoms with Crippen LogP contribution < -0.4 is 4.74 Å². The van der Waals surface area contributed by atoms with Gasteiger partial charge in [0.15, 0.2) is 5.65 Å². The Hall–Kier alpha value is -2.07. The van der Waals surface area contributed by atoms with Crippen LogP contribution in [0.5, 0.6) is 5.75 Å². The topological polar surface area (TPSA) is 39.4 Å². The standard InChI is InChI=1S/C19H20ClN3O/c20-11-3-13-24-15-8-6-14(7-9-15)19-16-4-1-2-5-17(16)22-18-10-12-21-23(18)19/h6-10,12H,1-5,11,13H2. The van der Waals surface area contributed by atoms with Crippen LogP contribution in [0.1, 0.15) is 30.5 Å². The van der Waals surface area contributed by atoms with Crippen molar-refractivity contribution in [1.82, 2.24) is 14.6 Å². The van der Waals surface area contributed by atoms with Crippen LogP contribution in [-0.4, -0.2) is 27.1 Å². The van der Waals surface area contributed by atoms with Gasteiger partial charge >= 0.3 is 0 Å². The van der Waals surface area contributed by atoms with Gasteiger partial charge in [0.2, 0.25) is 0 Å². The number of ether oxygens (including phenoxy) is 1. The number of alkyl halides is 1. The third-order valence-corrected chi connectivity index (χ3v) is 4.75. The molecule has 0 amide bonds. The van der Waals surface area contributed by atoms with Crippen molar-refractivity contribution in [1.29, 1.82) is 0 Å². The molecule has 2 heterocycles. The van der Waals surface area contributed by atoms with Gasteiger partial charge in [0.05, 0.1) is 18.5 Å². The summed E-state index contributed by atoms with van der Waals surface area (Å²) in [4.78, 5) is 4.79. The van der Waals surface area contributed by atoms with Gasteiger partial charge in [0, 0.05) is 28.8 Å². The summed E-state index contributed by atoms with van der Waals surface area (Å²) in [5.41, 5.74) is 5.83. The molecular weight excluding hydrogens is 322 g/mol. The number of nitrogens with zero attached hydrogens (tertiary/aromatic N) is 3. The number of rotatable bonds is 5. The molecule has 124 valence electrons. The lowest BCUT2D eigenvalue weighted by Gasteiger charge is -2.20. The Bertz CT molecular complexity index is 842. The smallest absolute Gasteiger partial charge is 0.155 e. The minimum absolute atomic E-state index is 0.624. The zero-order valence-electron chi connectivity index (χ0n) is 13.5. The summed E-state index contributed by atoms with van der Waals surface area (Å²) >= 11 is 5.69. The number of hydrogen-bond donors (Lipinski definition) is 0. The van der Waals surface area contributed by atoms with Gasteiger partial charge in [-0.05, 0) is 56.4 Å². The fourth-order valence-electron chi connectivity index (χ4n) is 3.34. The first-order chi connectivity index (χ1) is 11.9. The molecule has 0 radical (unpaired) electrons. The molecule has 0 saturated carbocycles. The molecule has 0 saturated heterocycles. The average molecular weight is 342 g/mol. The van der Waals surface area contributed by atoms with E-state index in [4.69, 9.17) is 21.3 Å². The number of aromatic nitrogens is 3. The highest BCUT2D eigenvalue weighted by Gasteiger charge is 2.19. The zero-order valence-corrected chi connectivity index (χ0v) is 14.3. The molecule has 2 aromatic heterocycles. The fourth-order valence-corrected chi connectivity index (χ4v) is 3.45. The van der Waals surface area contributed by atoms with Gasteiger partial charge in [-0.3, -0.25) is 0 Å². The SMILES string of the molecule is ClCCCOc1ccc(-c2c3c(nc4ccnn24)CCCC3)cc1. The van der Waals surface area contributed by atoms with E-state index in [-0.39, 0.29) is 0 Å². The summed E-state index contributed by atoms with van der Waals surface area (Å²) in [6.45, 7) is 0.650. The van der Waals surface area contributed by atoms with Crippen LogP contribution in [0.15, 0.2) is 36.5 Å². The van der Waals surface area contributed by atoms with Crippen LogP contribution >= 0.6 is 11.6 Å². The third-order valence-electron chi connectivity index (χ3n) is 4.48. The molecule has 0 spiro atoms. The van der Waals surface area contributed by atoms with E-state index < -0.39 is 0 Å². The quantitative estimate of drug-likeness (QED) is 0.513. The molecule has 0 atom stereocenters. The van der Waals surface area contributed by atoms with Crippen LogP contribution in [0, 0.1) is 0 Å². The highest BCUT2D eigenvalue weighted by molar-refractivity contribution is 6.17. The van der Waals surface area contributed by atoms with E-state index in [2.05, 4.69) is 17.2 Å². The lowest BCUT2D eigenvalue weighted by Crippen LogP contribution is -2.11. The van der Waals surface area contributed by atoms with Gasteiger partial charge < -0.3 is 4.74 Å². The first kappa shape index (κ1) is 15.5. The number of fused-ring (bicyclic) bond motifs is 2. The van der Waals surface area contributed by atoms with Gasteiger partial charge in [-0.15, -0.1) is 11.6 Å². The van der Waals surface area contributed by atoms with Crippen molar-refractivity contribution in [2.45, 2.75) is 32.1 Å². The maximum absolute atomic E-state index is 5.70. The Balaban J connectivity index is 1.74. The van der Waals surface area contributed by atoms with Crippen molar-refractivity contribution < 1.29 is 4.74 Å². The van der Waals surface area contributed by atoms with Crippen molar-refractivity contribution in [3.63, 3.8) is 0 Å². The van der Waals surface area contributed by atoms with Crippen LogP contribution in [-0.2, 0) is 12.8 Å². The first-order valence-corrected chi connectivity index (χ1v) is 9.05. The van der Waals surface area contributed by atoms with Gasteiger partial charge in [0.25, 0.3) is 0 Å². The van der Waals surface area contributed by atoms with E-state index in [0.29, 0.717) is 12.5 Å². The fraction of sp³-hybridized carbons (Fsp3) is 0.368. The van der Waals surface area contributed by atoms with Crippen LogP contribution in [0.4, 0.5) is 0 Å². The number of halogens is 1. The molecule has 4 rings (SSSR count). The molecule has 3 aromatic rings. The van der Waals surface area contributed by atoms with Gasteiger partial charge in [-0.1, -0.05) is 0 Å². The molecule has 24 heavy (non-hydrogen) atoms. The van der Waals surface area contributed by atoms with E-state index in [9.17, 15) is 0 Å². The average Bonchev–Trinajstić information content (AvgIpc) is 3.08. The second kappa shape index (κ2) is 6.81. The minimum Gasteiger partial charge on any atom is -0.494 e. The largest absolute Gasteiger partial charge is 0.494 e. The molecule has 1 aliphatic carbocycles. The molecule has 1 aromatic carbocycles. The van der Waals surface area contributed by atoms with Crippen LogP contribution in [0.2, 0.25) is 0 Å². The van der Waals surface area contributed by atoms with Crippen LogP contribution in [0.25, 0.3) is 16.9 Å². The summed E-state index contributed by atoms with van der Waals surface area (Å²) in [7, 11) is 0. The normalized spacial score (nSPS) is 13.9. The van der Waals surface area contributed by atoms with Crippen molar-refractivity contribution >= 4 is 17.2 Å². The number of benzene rings is 1. The number of aryl methyl sites for hydroxylation is 1. The lowest BCUT2D eigenvalue weighted by molar-refractivity contribution is 0.318. The van der Waals surface area contributed by atoms with Crippen molar-refractivity contribution in [2.75, 3.05) is 12.5 Å². The minimum atomic E-state index is 0.624. The third kappa shape index (κ3) is 2.86. The van der Waals surface area contributed by atoms with Crippen molar-refractivity contribution in [2.24, 2.45) is 0 Å². The Kier molecular flexibility index (Phi) is 4.39. The maximum atomic E-state index is 5.70. The van der Waals surface area contributed by atoms with E-state index in [1.807, 2.05) is 28.9 Å². The monoisotopic (exact) mass is 341 g/mol. The summed E-state index contributed by atoms with van der Waals surface area (Å²) < 4.78 is 7.67. The van der Waals surface area contributed by atoms with Crippen LogP contribution in [0.3, 0.4) is 0 Å². The molecule has 0 bridgehead atoms. The Morgan fingerprint density at radius 1 is 1.08 bits per heavy atom. The molecular formula is C19H20ClN3O. The molecule has 0 N–H and O–H groups in total. The van der Waals surface area contributed by atoms with E-state index in [1.54, 1.807) is 0 Å². The van der Waals surface area contributed by atoms with Gasteiger partial charge in [-0.2, -0.15) is 5.10 Å². The summed E-state index contributed by atoms with van der Waals surface area (Å²) in [5, 5.41) is 4.49. The van der Waals surface area contributed by atoms with Gasteiger partial charge in [0.1, 0.15) is 5.75 Å². The Morgan fingerprint density at radius 2 is 1.92 bits per heavy atom. The molecule has 4 nitrogen and oxygen atoms in total. The zero-order chi connectivity index (χ0) is 16.4. The summed E-state index contributed by atoms with van der Waals surface area (Å²) in [6.07, 6.45) is 7.24. The highest BCUT2D eigenvalue weighted by Crippen LogP contribution is 2.32. The van der Waals surface area contributed by atoms with Crippen molar-refractivity contribution in [3.05, 3.63) is 47.8 Å². The molecule has 0 fully saturated rings. The van der Waals surface area contributed by atoms with E-state index >= 15 is 0 Å². The highest BCUT2D eigenvalue weighted by atomic mass is 35.5.